The predicted molar refractivity (Wildman–Crippen MR) is 116 cm³/mol. The summed E-state index contributed by atoms with van der Waals surface area (Å²) < 4.78 is 6.09. The number of unbranched alkanes of at least 4 members (excludes halogenated alkanes) is 6. The van der Waals surface area contributed by atoms with E-state index in [1.807, 2.05) is 18.2 Å². The van der Waals surface area contributed by atoms with Gasteiger partial charge in [0.05, 0.1) is 4.90 Å². The van der Waals surface area contributed by atoms with E-state index in [1.165, 1.54) is 44.9 Å². The molecule has 1 aliphatic rings. The number of benzene rings is 1. The number of hydrogen-bond donors (Lipinski definition) is 2. The average Bonchev–Trinajstić information content (AvgIpc) is 2.71. The molecular weight excluding hydrogens is 354 g/mol. The molecular formula is C22H31N3OS. The molecule has 3 rings (SSSR count). The summed E-state index contributed by atoms with van der Waals surface area (Å²) in [5.74, 6) is 3.70. The average molecular weight is 386 g/mol. The Morgan fingerprint density at radius 2 is 1.81 bits per heavy atom. The molecule has 0 saturated carbocycles. The minimum absolute atomic E-state index is 0.857. The van der Waals surface area contributed by atoms with E-state index in [0.29, 0.717) is 0 Å². The van der Waals surface area contributed by atoms with Crippen LogP contribution in [0.4, 0.5) is 11.5 Å². The predicted octanol–water partition coefficient (Wildman–Crippen LogP) is 6.55. The number of ether oxygens (including phenoxy) is 1. The lowest BCUT2D eigenvalue weighted by molar-refractivity contribution is 0.470. The number of aromatic nitrogens is 1. The molecule has 0 radical (unpaired) electrons. The van der Waals surface area contributed by atoms with Crippen molar-refractivity contribution in [2.24, 2.45) is 0 Å². The fourth-order valence-corrected chi connectivity index (χ4v) is 4.10. The van der Waals surface area contributed by atoms with Crippen LogP contribution < -0.4 is 15.4 Å². The number of nitrogens with zero attached hydrogens (tertiary/aromatic N) is 1. The van der Waals surface area contributed by atoms with Crippen LogP contribution in [0, 0.1) is 0 Å². The van der Waals surface area contributed by atoms with Crippen LogP contribution in [0.25, 0.3) is 0 Å². The Kier molecular flexibility index (Phi) is 8.15. The molecule has 0 atom stereocenters. The number of nitrogens with one attached hydrogen (secondary N) is 2. The lowest BCUT2D eigenvalue weighted by Crippen LogP contribution is -2.12. The number of fused-ring (bicyclic) bond motifs is 1. The maximum Gasteiger partial charge on any atom is 0.146 e. The first kappa shape index (κ1) is 19.9. The Balaban J connectivity index is 1.42. The van der Waals surface area contributed by atoms with Crippen molar-refractivity contribution in [2.75, 3.05) is 29.5 Å². The van der Waals surface area contributed by atoms with Gasteiger partial charge in [0.25, 0.3) is 0 Å². The van der Waals surface area contributed by atoms with Gasteiger partial charge in [-0.15, -0.1) is 11.8 Å². The van der Waals surface area contributed by atoms with Gasteiger partial charge in [0.1, 0.15) is 17.3 Å². The molecule has 1 aromatic heterocycles. The second-order valence-electron chi connectivity index (χ2n) is 6.94. The molecule has 27 heavy (non-hydrogen) atoms. The minimum Gasteiger partial charge on any atom is -0.456 e. The third kappa shape index (κ3) is 6.35. The summed E-state index contributed by atoms with van der Waals surface area (Å²) in [4.78, 5) is 5.48. The molecule has 0 fully saturated rings. The molecule has 2 heterocycles. The first-order chi connectivity index (χ1) is 13.4. The molecule has 1 aliphatic heterocycles. The van der Waals surface area contributed by atoms with Crippen LogP contribution in [0.5, 0.6) is 11.5 Å². The normalized spacial score (nSPS) is 12.9. The maximum absolute atomic E-state index is 6.09. The van der Waals surface area contributed by atoms with Gasteiger partial charge in [-0.3, -0.25) is 0 Å². The lowest BCUT2D eigenvalue weighted by atomic mass is 10.1. The summed E-state index contributed by atoms with van der Waals surface area (Å²) >= 11 is 1.80. The van der Waals surface area contributed by atoms with Crippen LogP contribution in [-0.2, 0) is 0 Å². The smallest absolute Gasteiger partial charge is 0.146 e. The van der Waals surface area contributed by atoms with E-state index in [2.05, 4.69) is 34.7 Å². The Labute approximate surface area is 167 Å². The van der Waals surface area contributed by atoms with E-state index in [9.17, 15) is 0 Å². The summed E-state index contributed by atoms with van der Waals surface area (Å²) in [5.41, 5.74) is 1.15. The molecule has 0 amide bonds. The van der Waals surface area contributed by atoms with Gasteiger partial charge >= 0.3 is 0 Å². The largest absolute Gasteiger partial charge is 0.456 e. The van der Waals surface area contributed by atoms with Gasteiger partial charge in [-0.1, -0.05) is 45.4 Å². The molecule has 1 aromatic carbocycles. The molecule has 0 spiro atoms. The summed E-state index contributed by atoms with van der Waals surface area (Å²) in [7, 11) is 0. The topological polar surface area (TPSA) is 46.2 Å². The third-order valence-corrected chi connectivity index (χ3v) is 5.79. The first-order valence-corrected chi connectivity index (χ1v) is 11.2. The van der Waals surface area contributed by atoms with Crippen molar-refractivity contribution in [1.82, 2.24) is 4.98 Å². The quantitative estimate of drug-likeness (QED) is 0.429. The standard InChI is InChI=1S/C22H31N3OS/c1-2-3-4-5-6-7-8-14-23-18-9-11-19(12-10-18)26-20-13-15-24-22-21(20)27-17-16-25-22/h9-13,15,23H,2-8,14,16-17H2,1H3,(H,24,25). The lowest BCUT2D eigenvalue weighted by Gasteiger charge is -2.19. The van der Waals surface area contributed by atoms with Gasteiger partial charge in [-0.2, -0.15) is 0 Å². The van der Waals surface area contributed by atoms with Crippen LogP contribution in [-0.4, -0.2) is 23.8 Å². The van der Waals surface area contributed by atoms with E-state index in [1.54, 1.807) is 18.0 Å². The Morgan fingerprint density at radius 3 is 2.63 bits per heavy atom. The van der Waals surface area contributed by atoms with Crippen LogP contribution in [0.15, 0.2) is 41.4 Å². The Bertz CT molecular complexity index is 690. The zero-order valence-corrected chi connectivity index (χ0v) is 17.1. The monoisotopic (exact) mass is 385 g/mol. The zero-order chi connectivity index (χ0) is 18.7. The second kappa shape index (κ2) is 11.1. The van der Waals surface area contributed by atoms with E-state index in [4.69, 9.17) is 4.74 Å². The molecule has 0 saturated heterocycles. The highest BCUT2D eigenvalue weighted by Crippen LogP contribution is 2.39. The second-order valence-corrected chi connectivity index (χ2v) is 8.04. The number of thioether (sulfide) groups is 1. The highest BCUT2D eigenvalue weighted by Gasteiger charge is 2.16. The highest BCUT2D eigenvalue weighted by molar-refractivity contribution is 7.99. The van der Waals surface area contributed by atoms with E-state index in [-0.39, 0.29) is 0 Å². The number of anilines is 2. The summed E-state index contributed by atoms with van der Waals surface area (Å²) in [6, 6.07) is 10.2. The molecule has 2 N–H and O–H groups in total. The minimum atomic E-state index is 0.857. The first-order valence-electron chi connectivity index (χ1n) is 10.2. The Morgan fingerprint density at radius 1 is 1.04 bits per heavy atom. The summed E-state index contributed by atoms with van der Waals surface area (Å²) in [6.07, 6.45) is 11.2. The van der Waals surface area contributed by atoms with Gasteiger partial charge in [-0.05, 0) is 30.7 Å². The van der Waals surface area contributed by atoms with Crippen LogP contribution >= 0.6 is 11.8 Å². The summed E-state index contributed by atoms with van der Waals surface area (Å²) in [6.45, 7) is 4.25. The summed E-state index contributed by atoms with van der Waals surface area (Å²) in [5, 5.41) is 6.83. The zero-order valence-electron chi connectivity index (χ0n) is 16.3. The number of pyridine rings is 1. The SMILES string of the molecule is CCCCCCCCCNc1ccc(Oc2ccnc3c2SCCN3)cc1. The van der Waals surface area contributed by atoms with Gasteiger partial charge in [-0.25, -0.2) is 4.98 Å². The van der Waals surface area contributed by atoms with E-state index < -0.39 is 0 Å². The molecule has 5 heteroatoms. The van der Waals surface area contributed by atoms with Crippen molar-refractivity contribution in [3.05, 3.63) is 36.5 Å². The van der Waals surface area contributed by atoms with Crippen molar-refractivity contribution in [3.8, 4) is 11.5 Å². The van der Waals surface area contributed by atoms with E-state index >= 15 is 0 Å². The van der Waals surface area contributed by atoms with Crippen LogP contribution in [0.1, 0.15) is 51.9 Å². The molecule has 146 valence electrons. The van der Waals surface area contributed by atoms with Crippen molar-refractivity contribution < 1.29 is 4.74 Å². The number of hydrogen-bond acceptors (Lipinski definition) is 5. The number of rotatable bonds is 11. The van der Waals surface area contributed by atoms with Crippen LogP contribution in [0.3, 0.4) is 0 Å². The Hall–Kier alpha value is -1.88. The molecule has 0 unspecified atom stereocenters. The van der Waals surface area contributed by atoms with Gasteiger partial charge < -0.3 is 15.4 Å². The van der Waals surface area contributed by atoms with Crippen molar-refractivity contribution in [1.29, 1.82) is 0 Å². The molecule has 0 aliphatic carbocycles. The fraction of sp³-hybridized carbons (Fsp3) is 0.500. The third-order valence-electron chi connectivity index (χ3n) is 4.70. The maximum atomic E-state index is 6.09. The molecule has 4 nitrogen and oxygen atoms in total. The van der Waals surface area contributed by atoms with Gasteiger partial charge in [0.15, 0.2) is 0 Å². The highest BCUT2D eigenvalue weighted by atomic mass is 32.2. The fourth-order valence-electron chi connectivity index (χ4n) is 3.18. The van der Waals surface area contributed by atoms with Crippen LogP contribution in [0.2, 0.25) is 0 Å². The van der Waals surface area contributed by atoms with Crippen molar-refractivity contribution in [3.63, 3.8) is 0 Å². The van der Waals surface area contributed by atoms with E-state index in [0.717, 1.165) is 46.7 Å². The molecule has 0 bridgehead atoms. The van der Waals surface area contributed by atoms with Crippen molar-refractivity contribution in [2.45, 2.75) is 56.8 Å². The van der Waals surface area contributed by atoms with Crippen molar-refractivity contribution >= 4 is 23.3 Å². The van der Waals surface area contributed by atoms with Gasteiger partial charge in [0.2, 0.25) is 0 Å². The molecule has 2 aromatic rings. The van der Waals surface area contributed by atoms with Gasteiger partial charge in [0, 0.05) is 36.8 Å².